The van der Waals surface area contributed by atoms with Crippen LogP contribution in [0.4, 0.5) is 5.69 Å². The van der Waals surface area contributed by atoms with Crippen molar-refractivity contribution >= 4 is 23.6 Å². The minimum absolute atomic E-state index is 0.0422. The quantitative estimate of drug-likeness (QED) is 0.873. The fraction of sp³-hybridized carbons (Fsp3) is 0.238. The molecular formula is C21H22N2O2. The lowest BCUT2D eigenvalue weighted by atomic mass is 10.1. The van der Waals surface area contributed by atoms with Crippen molar-refractivity contribution in [2.24, 2.45) is 0 Å². The largest absolute Gasteiger partial charge is 0.347 e. The summed E-state index contributed by atoms with van der Waals surface area (Å²) in [6.07, 6.45) is 3.61. The third-order valence-electron chi connectivity index (χ3n) is 4.50. The van der Waals surface area contributed by atoms with Crippen molar-refractivity contribution in [3.05, 3.63) is 71.3 Å². The SMILES string of the molecule is Cc1ccc(N2CC(NC(=O)/C=C/c3ccccc3)CC2=O)cc1C. The Hall–Kier alpha value is -2.88. The molecule has 0 aliphatic carbocycles. The third-order valence-corrected chi connectivity index (χ3v) is 4.50. The number of rotatable bonds is 4. The number of carbonyl (C=O) groups is 2. The second-order valence-corrected chi connectivity index (χ2v) is 6.43. The van der Waals surface area contributed by atoms with E-state index in [9.17, 15) is 9.59 Å². The zero-order valence-corrected chi connectivity index (χ0v) is 14.5. The number of anilines is 1. The van der Waals surface area contributed by atoms with E-state index in [1.807, 2.05) is 62.4 Å². The maximum atomic E-state index is 12.3. The maximum absolute atomic E-state index is 12.3. The van der Waals surface area contributed by atoms with Gasteiger partial charge in [0.05, 0.1) is 6.04 Å². The van der Waals surface area contributed by atoms with Crippen LogP contribution in [0.15, 0.2) is 54.6 Å². The van der Waals surface area contributed by atoms with Crippen LogP contribution in [0.5, 0.6) is 0 Å². The first-order valence-corrected chi connectivity index (χ1v) is 8.44. The predicted octanol–water partition coefficient (Wildman–Crippen LogP) is 3.24. The molecule has 25 heavy (non-hydrogen) atoms. The van der Waals surface area contributed by atoms with Crippen LogP contribution in [-0.4, -0.2) is 24.4 Å². The number of aryl methyl sites for hydroxylation is 2. The van der Waals surface area contributed by atoms with Gasteiger partial charge in [-0.15, -0.1) is 0 Å². The summed E-state index contributed by atoms with van der Waals surface area (Å²) in [6, 6.07) is 15.5. The van der Waals surface area contributed by atoms with Gasteiger partial charge in [0.1, 0.15) is 0 Å². The lowest BCUT2D eigenvalue weighted by Gasteiger charge is -2.18. The summed E-state index contributed by atoms with van der Waals surface area (Å²) in [5.74, 6) is -0.135. The number of hydrogen-bond donors (Lipinski definition) is 1. The molecule has 128 valence electrons. The zero-order chi connectivity index (χ0) is 17.8. The van der Waals surface area contributed by atoms with Gasteiger partial charge in [0.2, 0.25) is 11.8 Å². The Kier molecular flexibility index (Phi) is 4.98. The Morgan fingerprint density at radius 3 is 2.60 bits per heavy atom. The second-order valence-electron chi connectivity index (χ2n) is 6.43. The minimum Gasteiger partial charge on any atom is -0.347 e. The van der Waals surface area contributed by atoms with Crippen molar-refractivity contribution in [1.29, 1.82) is 0 Å². The lowest BCUT2D eigenvalue weighted by molar-refractivity contribution is -0.117. The Bertz CT molecular complexity index is 812. The van der Waals surface area contributed by atoms with E-state index in [0.717, 1.165) is 16.8 Å². The molecule has 1 fully saturated rings. The summed E-state index contributed by atoms with van der Waals surface area (Å²) in [5, 5.41) is 2.92. The predicted molar refractivity (Wildman–Crippen MR) is 100 cm³/mol. The van der Waals surface area contributed by atoms with Gasteiger partial charge >= 0.3 is 0 Å². The summed E-state index contributed by atoms with van der Waals surface area (Å²) in [6.45, 7) is 4.59. The minimum atomic E-state index is -0.177. The van der Waals surface area contributed by atoms with Crippen molar-refractivity contribution in [3.63, 3.8) is 0 Å². The van der Waals surface area contributed by atoms with Crippen LogP contribution in [0.2, 0.25) is 0 Å². The Balaban J connectivity index is 1.61. The summed E-state index contributed by atoms with van der Waals surface area (Å²) >= 11 is 0. The summed E-state index contributed by atoms with van der Waals surface area (Å²) in [7, 11) is 0. The lowest BCUT2D eigenvalue weighted by Crippen LogP contribution is -2.36. The van der Waals surface area contributed by atoms with Crippen molar-refractivity contribution in [2.75, 3.05) is 11.4 Å². The molecule has 0 spiro atoms. The summed E-state index contributed by atoms with van der Waals surface area (Å²) < 4.78 is 0. The molecule has 3 rings (SSSR count). The molecular weight excluding hydrogens is 312 g/mol. The van der Waals surface area contributed by atoms with E-state index in [-0.39, 0.29) is 17.9 Å². The first kappa shape index (κ1) is 17.0. The average Bonchev–Trinajstić information content (AvgIpc) is 2.96. The van der Waals surface area contributed by atoms with E-state index < -0.39 is 0 Å². The number of amides is 2. The first-order valence-electron chi connectivity index (χ1n) is 8.44. The van der Waals surface area contributed by atoms with Gasteiger partial charge in [0.15, 0.2) is 0 Å². The maximum Gasteiger partial charge on any atom is 0.244 e. The third kappa shape index (κ3) is 4.15. The highest BCUT2D eigenvalue weighted by atomic mass is 16.2. The van der Waals surface area contributed by atoms with Crippen LogP contribution < -0.4 is 10.2 Å². The number of carbonyl (C=O) groups excluding carboxylic acids is 2. The molecule has 1 saturated heterocycles. The van der Waals surface area contributed by atoms with Gasteiger partial charge in [0.25, 0.3) is 0 Å². The Morgan fingerprint density at radius 2 is 1.88 bits per heavy atom. The van der Waals surface area contributed by atoms with E-state index >= 15 is 0 Å². The van der Waals surface area contributed by atoms with Crippen molar-refractivity contribution in [3.8, 4) is 0 Å². The molecule has 0 radical (unpaired) electrons. The molecule has 1 N–H and O–H groups in total. The van der Waals surface area contributed by atoms with E-state index in [4.69, 9.17) is 0 Å². The monoisotopic (exact) mass is 334 g/mol. The number of benzene rings is 2. The smallest absolute Gasteiger partial charge is 0.244 e. The first-order chi connectivity index (χ1) is 12.0. The molecule has 1 aliphatic heterocycles. The highest BCUT2D eigenvalue weighted by Crippen LogP contribution is 2.24. The molecule has 2 amide bonds. The van der Waals surface area contributed by atoms with E-state index in [0.29, 0.717) is 13.0 Å². The van der Waals surface area contributed by atoms with Crippen LogP contribution in [0.1, 0.15) is 23.1 Å². The van der Waals surface area contributed by atoms with Crippen LogP contribution in [-0.2, 0) is 9.59 Å². The molecule has 4 heteroatoms. The topological polar surface area (TPSA) is 49.4 Å². The standard InChI is InChI=1S/C21H22N2O2/c1-15-8-10-19(12-16(15)2)23-14-18(13-21(23)25)22-20(24)11-9-17-6-4-3-5-7-17/h3-12,18H,13-14H2,1-2H3,(H,22,24)/b11-9+. The van der Waals surface area contributed by atoms with Gasteiger partial charge in [-0.3, -0.25) is 9.59 Å². The molecule has 1 atom stereocenters. The zero-order valence-electron chi connectivity index (χ0n) is 14.5. The summed E-state index contributed by atoms with van der Waals surface area (Å²) in [4.78, 5) is 26.1. The molecule has 2 aromatic carbocycles. The number of nitrogens with one attached hydrogen (secondary N) is 1. The number of nitrogens with zero attached hydrogens (tertiary/aromatic N) is 1. The normalized spacial score (nSPS) is 17.3. The van der Waals surface area contributed by atoms with E-state index in [1.165, 1.54) is 11.6 Å². The fourth-order valence-electron chi connectivity index (χ4n) is 2.93. The van der Waals surface area contributed by atoms with Crippen LogP contribution >= 0.6 is 0 Å². The molecule has 2 aromatic rings. The van der Waals surface area contributed by atoms with Crippen LogP contribution in [0, 0.1) is 13.8 Å². The molecule has 1 aliphatic rings. The number of hydrogen-bond acceptors (Lipinski definition) is 2. The van der Waals surface area contributed by atoms with Crippen LogP contribution in [0.3, 0.4) is 0 Å². The Labute approximate surface area is 148 Å². The molecule has 4 nitrogen and oxygen atoms in total. The molecule has 0 saturated carbocycles. The average molecular weight is 334 g/mol. The van der Waals surface area contributed by atoms with E-state index in [1.54, 1.807) is 11.0 Å². The van der Waals surface area contributed by atoms with Crippen LogP contribution in [0.25, 0.3) is 6.08 Å². The van der Waals surface area contributed by atoms with Gasteiger partial charge in [-0.25, -0.2) is 0 Å². The van der Waals surface area contributed by atoms with Gasteiger partial charge in [-0.1, -0.05) is 36.4 Å². The second kappa shape index (κ2) is 7.34. The summed E-state index contributed by atoms with van der Waals surface area (Å²) in [5.41, 5.74) is 4.22. The van der Waals surface area contributed by atoms with E-state index in [2.05, 4.69) is 5.32 Å². The van der Waals surface area contributed by atoms with Crippen molar-refractivity contribution in [2.45, 2.75) is 26.3 Å². The Morgan fingerprint density at radius 1 is 1.12 bits per heavy atom. The van der Waals surface area contributed by atoms with Crippen molar-refractivity contribution in [1.82, 2.24) is 5.32 Å². The molecule has 1 unspecified atom stereocenters. The van der Waals surface area contributed by atoms with Gasteiger partial charge < -0.3 is 10.2 Å². The molecule has 0 bridgehead atoms. The van der Waals surface area contributed by atoms with Gasteiger partial charge in [-0.05, 0) is 48.7 Å². The molecule has 1 heterocycles. The fourth-order valence-corrected chi connectivity index (χ4v) is 2.93. The molecule has 0 aromatic heterocycles. The highest BCUT2D eigenvalue weighted by Gasteiger charge is 2.31. The highest BCUT2D eigenvalue weighted by molar-refractivity contribution is 5.98. The van der Waals surface area contributed by atoms with Gasteiger partial charge in [-0.2, -0.15) is 0 Å². The van der Waals surface area contributed by atoms with Crippen molar-refractivity contribution < 1.29 is 9.59 Å². The van der Waals surface area contributed by atoms with Gasteiger partial charge in [0, 0.05) is 24.7 Å².